The second-order valence-electron chi connectivity index (χ2n) is 7.41. The van der Waals surface area contributed by atoms with Crippen molar-refractivity contribution in [2.24, 2.45) is 11.8 Å². The Hall–Kier alpha value is -1.85. The summed E-state index contributed by atoms with van der Waals surface area (Å²) in [5, 5.41) is 4.06. The number of aromatic nitrogens is 2. The Bertz CT molecular complexity index is 910. The first-order valence-electron chi connectivity index (χ1n) is 9.37. The Kier molecular flexibility index (Phi) is 5.24. The minimum Gasteiger partial charge on any atom is -0.338 e. The van der Waals surface area contributed by atoms with Crippen LogP contribution in [0.1, 0.15) is 42.5 Å². The lowest BCUT2D eigenvalue weighted by molar-refractivity contribution is 0.0521. The second kappa shape index (κ2) is 7.64. The van der Waals surface area contributed by atoms with E-state index in [9.17, 15) is 9.59 Å². The lowest BCUT2D eigenvalue weighted by Crippen LogP contribution is -2.44. The van der Waals surface area contributed by atoms with Gasteiger partial charge in [-0.2, -0.15) is 9.78 Å². The topological polar surface area (TPSA) is 55.2 Å². The average Bonchev–Trinajstić information content (AvgIpc) is 2.71. The normalized spacial score (nSPS) is 22.4. The number of likely N-dealkylation sites (tertiary alicyclic amines) is 1. The maximum Gasteiger partial charge on any atom is 0.291 e. The minimum absolute atomic E-state index is 0.0556. The molecule has 5 nitrogen and oxygen atoms in total. The SMILES string of the molecule is O=C(c1ccc(-n2ncc(Cl)c(Cl)c2=O)cc1)N1CC[C@@H]2CCCC[C@@H]2C1. The predicted molar refractivity (Wildman–Crippen MR) is 106 cm³/mol. The lowest BCUT2D eigenvalue weighted by atomic mass is 9.75. The van der Waals surface area contributed by atoms with Crippen molar-refractivity contribution in [3.63, 3.8) is 0 Å². The monoisotopic (exact) mass is 405 g/mol. The van der Waals surface area contributed by atoms with Crippen molar-refractivity contribution < 1.29 is 4.79 Å². The number of benzene rings is 1. The molecule has 1 aromatic heterocycles. The Morgan fingerprint density at radius 2 is 1.74 bits per heavy atom. The summed E-state index contributed by atoms with van der Waals surface area (Å²) in [6.45, 7) is 1.69. The molecule has 2 aromatic rings. The molecule has 1 amide bonds. The van der Waals surface area contributed by atoms with Gasteiger partial charge >= 0.3 is 0 Å². The summed E-state index contributed by atoms with van der Waals surface area (Å²) in [6.07, 6.45) is 7.60. The highest BCUT2D eigenvalue weighted by molar-refractivity contribution is 6.41. The van der Waals surface area contributed by atoms with E-state index in [0.29, 0.717) is 17.2 Å². The van der Waals surface area contributed by atoms with Gasteiger partial charge in [0.15, 0.2) is 0 Å². The first-order valence-corrected chi connectivity index (χ1v) is 10.1. The van der Waals surface area contributed by atoms with Gasteiger partial charge in [-0.1, -0.05) is 42.5 Å². The molecule has 2 fully saturated rings. The number of amides is 1. The van der Waals surface area contributed by atoms with Gasteiger partial charge in [0.25, 0.3) is 11.5 Å². The fourth-order valence-electron chi connectivity index (χ4n) is 4.31. The quantitative estimate of drug-likeness (QED) is 0.752. The van der Waals surface area contributed by atoms with E-state index in [0.717, 1.165) is 25.4 Å². The Labute approximate surface area is 167 Å². The van der Waals surface area contributed by atoms with Gasteiger partial charge < -0.3 is 4.90 Å². The number of hydrogen-bond donors (Lipinski definition) is 0. The van der Waals surface area contributed by atoms with Crippen LogP contribution in [0.3, 0.4) is 0 Å². The van der Waals surface area contributed by atoms with E-state index in [2.05, 4.69) is 5.10 Å². The van der Waals surface area contributed by atoms with E-state index in [1.807, 2.05) is 4.90 Å². The van der Waals surface area contributed by atoms with Crippen molar-refractivity contribution >= 4 is 29.1 Å². The molecular formula is C20H21Cl2N3O2. The minimum atomic E-state index is -0.484. The number of hydrogen-bond acceptors (Lipinski definition) is 3. The molecule has 0 radical (unpaired) electrons. The lowest BCUT2D eigenvalue weighted by Gasteiger charge is -2.41. The molecule has 1 saturated carbocycles. The molecular weight excluding hydrogens is 385 g/mol. The first kappa shape index (κ1) is 18.5. The zero-order valence-corrected chi connectivity index (χ0v) is 16.4. The van der Waals surface area contributed by atoms with Gasteiger partial charge in [-0.05, 0) is 48.9 Å². The van der Waals surface area contributed by atoms with Gasteiger partial charge in [0.05, 0.1) is 16.9 Å². The van der Waals surface area contributed by atoms with Crippen molar-refractivity contribution in [1.29, 1.82) is 0 Å². The van der Waals surface area contributed by atoms with E-state index in [1.54, 1.807) is 24.3 Å². The average molecular weight is 406 g/mol. The number of rotatable bonds is 2. The van der Waals surface area contributed by atoms with Crippen molar-refractivity contribution in [3.05, 3.63) is 56.4 Å². The van der Waals surface area contributed by atoms with Crippen molar-refractivity contribution in [2.75, 3.05) is 13.1 Å². The smallest absolute Gasteiger partial charge is 0.291 e. The van der Waals surface area contributed by atoms with Crippen LogP contribution in [0.4, 0.5) is 0 Å². The Morgan fingerprint density at radius 1 is 1.04 bits per heavy atom. The molecule has 142 valence electrons. The number of nitrogens with zero attached hydrogens (tertiary/aromatic N) is 3. The Balaban J connectivity index is 1.51. The van der Waals surface area contributed by atoms with E-state index >= 15 is 0 Å². The molecule has 7 heteroatoms. The number of carbonyl (C=O) groups excluding carboxylic acids is 1. The third kappa shape index (κ3) is 3.63. The highest BCUT2D eigenvalue weighted by atomic mass is 35.5. The van der Waals surface area contributed by atoms with Gasteiger partial charge in [-0.25, -0.2) is 0 Å². The number of halogens is 2. The van der Waals surface area contributed by atoms with Crippen LogP contribution < -0.4 is 5.56 Å². The first-order chi connectivity index (χ1) is 13.0. The fourth-order valence-corrected chi connectivity index (χ4v) is 4.56. The molecule has 2 aliphatic rings. The summed E-state index contributed by atoms with van der Waals surface area (Å²) in [5.74, 6) is 1.49. The van der Waals surface area contributed by atoms with E-state index in [-0.39, 0.29) is 16.0 Å². The molecule has 1 aliphatic heterocycles. The highest BCUT2D eigenvalue weighted by Crippen LogP contribution is 2.36. The van der Waals surface area contributed by atoms with Crippen molar-refractivity contribution in [2.45, 2.75) is 32.1 Å². The van der Waals surface area contributed by atoms with E-state index < -0.39 is 5.56 Å². The fraction of sp³-hybridized carbons (Fsp3) is 0.450. The van der Waals surface area contributed by atoms with Crippen molar-refractivity contribution in [1.82, 2.24) is 14.7 Å². The number of carbonyl (C=O) groups is 1. The zero-order valence-electron chi connectivity index (χ0n) is 14.9. The largest absolute Gasteiger partial charge is 0.338 e. The number of piperidine rings is 1. The van der Waals surface area contributed by atoms with Gasteiger partial charge in [-0.3, -0.25) is 9.59 Å². The molecule has 2 atom stereocenters. The molecule has 0 bridgehead atoms. The van der Waals surface area contributed by atoms with Crippen LogP contribution in [0.5, 0.6) is 0 Å². The molecule has 1 saturated heterocycles. The van der Waals surface area contributed by atoms with E-state index in [1.165, 1.54) is 36.6 Å². The standard InChI is InChI=1S/C20H21Cl2N3O2/c21-17-11-23-25(20(27)18(17)22)16-7-5-14(6-8-16)19(26)24-10-9-13-3-1-2-4-15(13)12-24/h5-8,11,13,15H,1-4,9-10,12H2/t13-,15+/m0/s1. The highest BCUT2D eigenvalue weighted by Gasteiger charge is 2.33. The summed E-state index contributed by atoms with van der Waals surface area (Å²) in [4.78, 5) is 27.1. The van der Waals surface area contributed by atoms with Gasteiger partial charge in [0, 0.05) is 18.7 Å². The third-order valence-electron chi connectivity index (χ3n) is 5.81. The zero-order chi connectivity index (χ0) is 19.0. The number of fused-ring (bicyclic) bond motifs is 1. The van der Waals surface area contributed by atoms with Crippen LogP contribution in [0.2, 0.25) is 10.0 Å². The second-order valence-corrected chi connectivity index (χ2v) is 8.20. The van der Waals surface area contributed by atoms with Gasteiger partial charge in [0.2, 0.25) is 0 Å². The molecule has 1 aliphatic carbocycles. The molecule has 27 heavy (non-hydrogen) atoms. The van der Waals surface area contributed by atoms with E-state index in [4.69, 9.17) is 23.2 Å². The summed E-state index contributed by atoms with van der Waals surface area (Å²) >= 11 is 11.7. The maximum atomic E-state index is 12.9. The Morgan fingerprint density at radius 3 is 2.48 bits per heavy atom. The molecule has 1 aromatic carbocycles. The third-order valence-corrected chi connectivity index (χ3v) is 6.56. The van der Waals surface area contributed by atoms with Crippen LogP contribution in [0, 0.1) is 11.8 Å². The summed E-state index contributed by atoms with van der Waals surface area (Å²) in [7, 11) is 0. The van der Waals surface area contributed by atoms with Gasteiger partial charge in [0.1, 0.15) is 5.02 Å². The summed E-state index contributed by atoms with van der Waals surface area (Å²) in [5.41, 5.74) is 0.685. The molecule has 2 heterocycles. The molecule has 0 spiro atoms. The summed E-state index contributed by atoms with van der Waals surface area (Å²) < 4.78 is 1.18. The summed E-state index contributed by atoms with van der Waals surface area (Å²) in [6, 6.07) is 6.89. The maximum absolute atomic E-state index is 12.9. The van der Waals surface area contributed by atoms with Crippen LogP contribution in [-0.2, 0) is 0 Å². The van der Waals surface area contributed by atoms with Crippen LogP contribution in [0.25, 0.3) is 5.69 Å². The van der Waals surface area contributed by atoms with Gasteiger partial charge in [-0.15, -0.1) is 0 Å². The molecule has 0 unspecified atom stereocenters. The predicted octanol–water partition coefficient (Wildman–Crippen LogP) is 4.19. The molecule has 0 N–H and O–H groups in total. The molecule has 4 rings (SSSR count). The van der Waals surface area contributed by atoms with Crippen LogP contribution in [0.15, 0.2) is 35.3 Å². The van der Waals surface area contributed by atoms with Crippen LogP contribution in [-0.4, -0.2) is 33.7 Å². The van der Waals surface area contributed by atoms with Crippen molar-refractivity contribution in [3.8, 4) is 5.69 Å². The van der Waals surface area contributed by atoms with Crippen LogP contribution >= 0.6 is 23.2 Å².